The molecule has 8 heteroatoms. The number of carbonyl (C=O) groups excluding carboxylic acids is 1. The van der Waals surface area contributed by atoms with Gasteiger partial charge in [0.05, 0.1) is 32.6 Å². The van der Waals surface area contributed by atoms with Crippen molar-refractivity contribution >= 4 is 11.6 Å². The Kier molecular flexibility index (Phi) is 5.20. The summed E-state index contributed by atoms with van der Waals surface area (Å²) in [5, 5.41) is 6.54. The van der Waals surface area contributed by atoms with E-state index in [1.807, 2.05) is 42.5 Å². The van der Waals surface area contributed by atoms with Gasteiger partial charge in [0.25, 0.3) is 5.56 Å². The monoisotopic (exact) mass is 447 g/mol. The molecule has 0 radical (unpaired) electrons. The second kappa shape index (κ2) is 8.20. The summed E-state index contributed by atoms with van der Waals surface area (Å²) in [7, 11) is 4.63. The number of ketones is 1. The number of Topliss-reactive ketones (excluding diaryl/α,β-unsaturated/α-hetero) is 1. The van der Waals surface area contributed by atoms with Crippen LogP contribution in [0.2, 0.25) is 0 Å². The van der Waals surface area contributed by atoms with Crippen molar-refractivity contribution in [2.75, 3.05) is 26.6 Å². The van der Waals surface area contributed by atoms with E-state index in [1.165, 1.54) is 4.68 Å². The smallest absolute Gasteiger partial charge is 0.277 e. The number of nitrogens with one attached hydrogen (secondary N) is 2. The van der Waals surface area contributed by atoms with E-state index < -0.39 is 5.92 Å². The molecule has 8 nitrogen and oxygen atoms in total. The Hall–Kier alpha value is -3.94. The third kappa shape index (κ3) is 3.29. The van der Waals surface area contributed by atoms with Crippen molar-refractivity contribution in [2.45, 2.75) is 25.2 Å². The van der Waals surface area contributed by atoms with E-state index in [0.29, 0.717) is 46.3 Å². The number of rotatable bonds is 5. The lowest BCUT2D eigenvalue weighted by Crippen LogP contribution is -2.30. The fourth-order valence-electron chi connectivity index (χ4n) is 4.80. The predicted octanol–water partition coefficient (Wildman–Crippen LogP) is 3.76. The van der Waals surface area contributed by atoms with Crippen molar-refractivity contribution in [2.24, 2.45) is 0 Å². The van der Waals surface area contributed by atoms with Gasteiger partial charge in [0.1, 0.15) is 5.82 Å². The maximum atomic E-state index is 13.7. The molecule has 1 aliphatic heterocycles. The fraction of sp³-hybridized carbons (Fsp3) is 0.280. The molecular weight excluding hydrogens is 422 g/mol. The number of ether oxygens (including phenoxy) is 3. The van der Waals surface area contributed by atoms with Crippen LogP contribution in [0.15, 0.2) is 58.5 Å². The van der Waals surface area contributed by atoms with Crippen molar-refractivity contribution < 1.29 is 19.0 Å². The minimum Gasteiger partial charge on any atom is -0.493 e. The van der Waals surface area contributed by atoms with Crippen LogP contribution in [-0.2, 0) is 4.79 Å². The van der Waals surface area contributed by atoms with Gasteiger partial charge in [-0.2, -0.15) is 0 Å². The molecule has 0 amide bonds. The lowest BCUT2D eigenvalue weighted by molar-refractivity contribution is -0.116. The van der Waals surface area contributed by atoms with Gasteiger partial charge in [-0.15, -0.1) is 0 Å². The number of nitrogens with zero attached hydrogens (tertiary/aromatic N) is 1. The summed E-state index contributed by atoms with van der Waals surface area (Å²) in [6.07, 6.45) is 1.96. The number of hydrogen-bond donors (Lipinski definition) is 2. The molecule has 1 aromatic heterocycles. The summed E-state index contributed by atoms with van der Waals surface area (Å²) in [5.41, 5.74) is 3.19. The third-order valence-corrected chi connectivity index (χ3v) is 6.27. The summed E-state index contributed by atoms with van der Waals surface area (Å²) in [6.45, 7) is 0. The van der Waals surface area contributed by atoms with Gasteiger partial charge < -0.3 is 19.5 Å². The first-order valence-electron chi connectivity index (χ1n) is 10.8. The van der Waals surface area contributed by atoms with Gasteiger partial charge in [0.15, 0.2) is 17.3 Å². The quantitative estimate of drug-likeness (QED) is 0.619. The lowest BCUT2D eigenvalue weighted by Gasteiger charge is -2.31. The highest BCUT2D eigenvalue weighted by atomic mass is 16.5. The molecule has 0 fully saturated rings. The topological polar surface area (TPSA) is 94.6 Å². The van der Waals surface area contributed by atoms with E-state index in [9.17, 15) is 9.59 Å². The van der Waals surface area contributed by atoms with Crippen LogP contribution in [0.3, 0.4) is 0 Å². The molecule has 0 bridgehead atoms. The predicted molar refractivity (Wildman–Crippen MR) is 124 cm³/mol. The molecule has 1 aliphatic carbocycles. The number of para-hydroxylation sites is 1. The Morgan fingerprint density at radius 2 is 1.64 bits per heavy atom. The number of allylic oxidation sites excluding steroid dienone is 2. The second-order valence-electron chi connectivity index (χ2n) is 8.06. The summed E-state index contributed by atoms with van der Waals surface area (Å²) in [6, 6.07) is 13.0. The number of anilines is 1. The van der Waals surface area contributed by atoms with Crippen LogP contribution in [0.25, 0.3) is 5.69 Å². The third-order valence-electron chi connectivity index (χ3n) is 6.27. The molecular formula is C25H25N3O5. The maximum Gasteiger partial charge on any atom is 0.277 e. The maximum absolute atomic E-state index is 13.7. The number of carbonyl (C=O) groups is 1. The molecule has 2 heterocycles. The highest BCUT2D eigenvalue weighted by molar-refractivity contribution is 6.01. The average molecular weight is 447 g/mol. The molecule has 2 N–H and O–H groups in total. The number of fused-ring (bicyclic) bond motifs is 1. The van der Waals surface area contributed by atoms with Crippen LogP contribution in [0.4, 0.5) is 5.82 Å². The summed E-state index contributed by atoms with van der Waals surface area (Å²) in [5.74, 6) is 1.47. The minimum atomic E-state index is -0.563. The first kappa shape index (κ1) is 20.9. The summed E-state index contributed by atoms with van der Waals surface area (Å²) < 4.78 is 18.1. The zero-order valence-electron chi connectivity index (χ0n) is 18.7. The van der Waals surface area contributed by atoms with Crippen LogP contribution in [0.5, 0.6) is 17.2 Å². The molecule has 3 aromatic rings. The number of methoxy groups -OCH3 is 3. The molecule has 33 heavy (non-hydrogen) atoms. The Morgan fingerprint density at radius 1 is 0.939 bits per heavy atom. The highest BCUT2D eigenvalue weighted by Gasteiger charge is 2.39. The normalized spacial score (nSPS) is 17.2. The van der Waals surface area contributed by atoms with E-state index in [2.05, 4.69) is 10.4 Å². The van der Waals surface area contributed by atoms with Crippen molar-refractivity contribution in [1.29, 1.82) is 0 Å². The van der Waals surface area contributed by atoms with E-state index in [4.69, 9.17) is 14.2 Å². The number of benzene rings is 2. The van der Waals surface area contributed by atoms with Gasteiger partial charge in [-0.25, -0.2) is 4.68 Å². The zero-order chi connectivity index (χ0) is 23.1. The van der Waals surface area contributed by atoms with E-state index in [0.717, 1.165) is 24.1 Å². The highest BCUT2D eigenvalue weighted by Crippen LogP contribution is 2.47. The SMILES string of the molecule is COc1cc([C@@H]2C3=C(CCCC3=O)Nc3[nH]n(-c4ccccc4)c(=O)c32)cc(OC)c1OC. The van der Waals surface area contributed by atoms with Crippen molar-refractivity contribution in [3.05, 3.63) is 75.2 Å². The standard InChI is InChI=1S/C25H25N3O5/c1-31-18-12-14(13-19(32-2)23(18)33-3)20-21-16(10-7-11-17(21)29)26-24-22(20)25(30)28(27-24)15-8-5-4-6-9-15/h4-6,8-9,12-13,20,26-27H,7,10-11H2,1-3H3/t20-/m1/s1. The molecule has 0 spiro atoms. The van der Waals surface area contributed by atoms with Gasteiger partial charge in [0, 0.05) is 23.6 Å². The van der Waals surface area contributed by atoms with E-state index in [-0.39, 0.29) is 11.3 Å². The largest absolute Gasteiger partial charge is 0.493 e. The van der Waals surface area contributed by atoms with Crippen molar-refractivity contribution in [1.82, 2.24) is 9.78 Å². The van der Waals surface area contributed by atoms with Gasteiger partial charge in [-0.1, -0.05) is 18.2 Å². The molecule has 170 valence electrons. The zero-order valence-corrected chi connectivity index (χ0v) is 18.7. The van der Waals surface area contributed by atoms with Crippen LogP contribution in [-0.4, -0.2) is 36.9 Å². The van der Waals surface area contributed by atoms with Crippen LogP contribution >= 0.6 is 0 Å². The average Bonchev–Trinajstić information content (AvgIpc) is 3.18. The molecule has 1 atom stereocenters. The lowest BCUT2D eigenvalue weighted by atomic mass is 9.76. The molecule has 0 saturated carbocycles. The second-order valence-corrected chi connectivity index (χ2v) is 8.06. The van der Waals surface area contributed by atoms with Gasteiger partial charge in [0.2, 0.25) is 5.75 Å². The van der Waals surface area contributed by atoms with E-state index >= 15 is 0 Å². The van der Waals surface area contributed by atoms with Crippen molar-refractivity contribution in [3.63, 3.8) is 0 Å². The number of hydrogen-bond acceptors (Lipinski definition) is 6. The summed E-state index contributed by atoms with van der Waals surface area (Å²) >= 11 is 0. The Balaban J connectivity index is 1.77. The van der Waals surface area contributed by atoms with Gasteiger partial charge in [-0.05, 0) is 42.7 Å². The van der Waals surface area contributed by atoms with Crippen LogP contribution < -0.4 is 25.1 Å². The van der Waals surface area contributed by atoms with Crippen molar-refractivity contribution in [3.8, 4) is 22.9 Å². The Bertz CT molecular complexity index is 1290. The molecule has 0 saturated heterocycles. The molecule has 2 aliphatic rings. The van der Waals surface area contributed by atoms with Gasteiger partial charge >= 0.3 is 0 Å². The first-order valence-corrected chi connectivity index (χ1v) is 10.8. The van der Waals surface area contributed by atoms with Gasteiger partial charge in [-0.3, -0.25) is 14.7 Å². The number of aromatic nitrogens is 2. The number of H-pyrrole nitrogens is 1. The molecule has 5 rings (SSSR count). The van der Waals surface area contributed by atoms with Crippen LogP contribution in [0.1, 0.15) is 36.3 Å². The Morgan fingerprint density at radius 3 is 2.27 bits per heavy atom. The summed E-state index contributed by atoms with van der Waals surface area (Å²) in [4.78, 5) is 26.8. The Labute approximate surface area is 190 Å². The van der Waals surface area contributed by atoms with E-state index in [1.54, 1.807) is 21.3 Å². The first-order chi connectivity index (χ1) is 16.1. The fourth-order valence-corrected chi connectivity index (χ4v) is 4.80. The van der Waals surface area contributed by atoms with Crippen LogP contribution in [0, 0.1) is 0 Å². The molecule has 0 unspecified atom stereocenters. The molecule has 2 aromatic carbocycles. The minimum absolute atomic E-state index is 0.0417. The number of aromatic amines is 1.